The van der Waals surface area contributed by atoms with Crippen LogP contribution in [0.2, 0.25) is 0 Å². The summed E-state index contributed by atoms with van der Waals surface area (Å²) in [6, 6.07) is 12.0. The van der Waals surface area contributed by atoms with Gasteiger partial charge in [-0.2, -0.15) is 4.98 Å². The maximum atomic E-state index is 12.5. The van der Waals surface area contributed by atoms with E-state index in [0.717, 1.165) is 5.56 Å². The first-order chi connectivity index (χ1) is 14.1. The largest absolute Gasteiger partial charge is 0.436 e. The third-order valence-corrected chi connectivity index (χ3v) is 4.79. The second-order valence-corrected chi connectivity index (χ2v) is 7.00. The Bertz CT molecular complexity index is 882. The van der Waals surface area contributed by atoms with E-state index in [-0.39, 0.29) is 11.8 Å². The van der Waals surface area contributed by atoms with Gasteiger partial charge >= 0.3 is 0 Å². The van der Waals surface area contributed by atoms with Crippen molar-refractivity contribution >= 4 is 17.1 Å². The lowest BCUT2D eigenvalue weighted by molar-refractivity contribution is -0.124. The fourth-order valence-corrected chi connectivity index (χ4v) is 3.12. The molecule has 1 unspecified atom stereocenters. The van der Waals surface area contributed by atoms with E-state index in [4.69, 9.17) is 15.9 Å². The van der Waals surface area contributed by atoms with Crippen LogP contribution >= 0.6 is 0 Å². The van der Waals surface area contributed by atoms with Crippen LogP contribution in [0.1, 0.15) is 36.8 Å². The number of hydrogen-bond acceptors (Lipinski definition) is 7. The highest BCUT2D eigenvalue weighted by Gasteiger charge is 2.28. The zero-order valence-electron chi connectivity index (χ0n) is 16.2. The van der Waals surface area contributed by atoms with E-state index in [2.05, 4.69) is 15.3 Å². The average molecular weight is 397 g/mol. The van der Waals surface area contributed by atoms with E-state index in [0.29, 0.717) is 43.5 Å². The van der Waals surface area contributed by atoms with Gasteiger partial charge in [0.05, 0.1) is 12.1 Å². The quantitative estimate of drug-likeness (QED) is 0.406. The smallest absolute Gasteiger partial charge is 0.237 e. The number of nitrogens with one attached hydrogen (secondary N) is 1. The molecule has 6 N–H and O–H groups in total. The molecule has 0 saturated heterocycles. The number of fused-ring (bicyclic) bond motifs is 1. The van der Waals surface area contributed by atoms with Crippen molar-refractivity contribution in [3.05, 3.63) is 60.1 Å². The molecule has 2 heterocycles. The molecule has 0 saturated carbocycles. The highest BCUT2D eigenvalue weighted by molar-refractivity contribution is 5.81. The molecule has 0 radical (unpaired) electrons. The van der Waals surface area contributed by atoms with Gasteiger partial charge in [0.1, 0.15) is 0 Å². The number of rotatable bonds is 10. The van der Waals surface area contributed by atoms with Crippen LogP contribution in [0.3, 0.4) is 0 Å². The third-order valence-electron chi connectivity index (χ3n) is 4.79. The summed E-state index contributed by atoms with van der Waals surface area (Å²) in [7, 11) is 0. The number of carbonyl (C=O) groups excluding carboxylic acids is 1. The number of aromatic nitrogens is 2. The zero-order chi connectivity index (χ0) is 20.6. The molecular formula is C21H27N5O3. The molecule has 8 nitrogen and oxygen atoms in total. The minimum Gasteiger partial charge on any atom is -0.436 e. The number of aryl methyl sites for hydroxylation is 1. The molecule has 3 rings (SSSR count). The van der Waals surface area contributed by atoms with Crippen LogP contribution in [0.5, 0.6) is 0 Å². The summed E-state index contributed by atoms with van der Waals surface area (Å²) in [5.74, 6) is -0.211. The summed E-state index contributed by atoms with van der Waals surface area (Å²) in [6.45, 7) is 0.469. The SMILES string of the molecule is NCCC[C@@H](N)C(=O)N[C@H](CCc1ccccc1)C(O)c1nc2ncccc2o1. The lowest BCUT2D eigenvalue weighted by atomic mass is 10.00. The van der Waals surface area contributed by atoms with Gasteiger partial charge in [-0.05, 0) is 49.9 Å². The van der Waals surface area contributed by atoms with E-state index < -0.39 is 18.2 Å². The monoisotopic (exact) mass is 397 g/mol. The molecule has 0 bridgehead atoms. The molecule has 2 aromatic heterocycles. The molecule has 29 heavy (non-hydrogen) atoms. The second-order valence-electron chi connectivity index (χ2n) is 7.00. The van der Waals surface area contributed by atoms with E-state index >= 15 is 0 Å². The Balaban J connectivity index is 1.75. The molecule has 0 aliphatic rings. The Morgan fingerprint density at radius 2 is 1.97 bits per heavy atom. The number of amides is 1. The summed E-state index contributed by atoms with van der Waals surface area (Å²) in [5.41, 5.74) is 13.5. The van der Waals surface area contributed by atoms with E-state index in [9.17, 15) is 9.90 Å². The van der Waals surface area contributed by atoms with E-state index in [1.807, 2.05) is 30.3 Å². The first-order valence-corrected chi connectivity index (χ1v) is 9.78. The second kappa shape index (κ2) is 10.1. The number of nitrogens with two attached hydrogens (primary N) is 2. The summed E-state index contributed by atoms with van der Waals surface area (Å²) < 4.78 is 5.65. The molecule has 1 amide bonds. The fourth-order valence-electron chi connectivity index (χ4n) is 3.12. The van der Waals surface area contributed by atoms with Gasteiger partial charge in [0.15, 0.2) is 17.3 Å². The van der Waals surface area contributed by atoms with Crippen LogP contribution in [0.15, 0.2) is 53.1 Å². The first-order valence-electron chi connectivity index (χ1n) is 9.78. The number of nitrogens with zero attached hydrogens (tertiary/aromatic N) is 2. The highest BCUT2D eigenvalue weighted by Crippen LogP contribution is 2.23. The van der Waals surface area contributed by atoms with Gasteiger partial charge in [0.25, 0.3) is 0 Å². The summed E-state index contributed by atoms with van der Waals surface area (Å²) in [6.07, 6.45) is 2.77. The van der Waals surface area contributed by atoms with Gasteiger partial charge < -0.3 is 26.3 Å². The van der Waals surface area contributed by atoms with E-state index in [1.165, 1.54) is 0 Å². The maximum Gasteiger partial charge on any atom is 0.237 e. The van der Waals surface area contributed by atoms with Crippen molar-refractivity contribution in [1.82, 2.24) is 15.3 Å². The standard InChI is InChI=1S/C21H27N5O3/c22-12-4-8-15(23)20(28)25-16(11-10-14-6-2-1-3-7-14)18(27)21-26-19-17(29-21)9-5-13-24-19/h1-3,5-7,9,13,15-16,18,27H,4,8,10-12,22-23H2,(H,25,28)/t15-,16-,18?/m1/s1. The average Bonchev–Trinajstić information content (AvgIpc) is 3.19. The summed E-state index contributed by atoms with van der Waals surface area (Å²) in [5, 5.41) is 13.8. The van der Waals surface area contributed by atoms with Gasteiger partial charge in [-0.25, -0.2) is 4.98 Å². The Hall–Kier alpha value is -2.81. The highest BCUT2D eigenvalue weighted by atomic mass is 16.4. The van der Waals surface area contributed by atoms with Crippen molar-refractivity contribution < 1.29 is 14.3 Å². The number of aliphatic hydroxyl groups is 1. The van der Waals surface area contributed by atoms with E-state index in [1.54, 1.807) is 18.3 Å². The van der Waals surface area contributed by atoms with Gasteiger partial charge in [-0.15, -0.1) is 0 Å². The Kier molecular flexibility index (Phi) is 7.29. The van der Waals surface area contributed by atoms with Crippen LogP contribution in [0.4, 0.5) is 0 Å². The minimum atomic E-state index is -1.13. The molecule has 0 aliphatic heterocycles. The van der Waals surface area contributed by atoms with Crippen LogP contribution in [-0.2, 0) is 11.2 Å². The predicted octanol–water partition coefficient (Wildman–Crippen LogP) is 1.44. The normalized spacial score (nSPS) is 14.4. The van der Waals surface area contributed by atoms with Crippen LogP contribution in [0.25, 0.3) is 11.2 Å². The maximum absolute atomic E-state index is 12.5. The molecule has 0 aliphatic carbocycles. The number of carbonyl (C=O) groups is 1. The van der Waals surface area contributed by atoms with Crippen LogP contribution in [-0.4, -0.2) is 39.6 Å². The predicted molar refractivity (Wildman–Crippen MR) is 110 cm³/mol. The van der Waals surface area contributed by atoms with Crippen molar-refractivity contribution in [3.63, 3.8) is 0 Å². The fraction of sp³-hybridized carbons (Fsp3) is 0.381. The molecular weight excluding hydrogens is 370 g/mol. The molecule has 3 aromatic rings. The molecule has 154 valence electrons. The number of oxazole rings is 1. The van der Waals surface area contributed by atoms with Crippen LogP contribution < -0.4 is 16.8 Å². The minimum absolute atomic E-state index is 0.118. The number of pyridine rings is 1. The van der Waals surface area contributed by atoms with Crippen molar-refractivity contribution in [2.24, 2.45) is 11.5 Å². The Labute approximate surface area is 169 Å². The molecule has 0 fully saturated rings. The number of benzene rings is 1. The van der Waals surface area contributed by atoms with Gasteiger partial charge in [0.2, 0.25) is 11.8 Å². The zero-order valence-corrected chi connectivity index (χ0v) is 16.2. The van der Waals surface area contributed by atoms with Crippen LogP contribution in [0, 0.1) is 0 Å². The number of hydrogen-bond donors (Lipinski definition) is 4. The van der Waals surface area contributed by atoms with Gasteiger partial charge in [-0.1, -0.05) is 30.3 Å². The molecule has 8 heteroatoms. The van der Waals surface area contributed by atoms with Crippen molar-refractivity contribution in [2.75, 3.05) is 6.54 Å². The Morgan fingerprint density at radius 1 is 1.17 bits per heavy atom. The lowest BCUT2D eigenvalue weighted by Crippen LogP contribution is -2.48. The van der Waals surface area contributed by atoms with Gasteiger partial charge in [0, 0.05) is 6.20 Å². The first kappa shape index (κ1) is 20.9. The summed E-state index contributed by atoms with van der Waals surface area (Å²) in [4.78, 5) is 20.9. The molecule has 0 spiro atoms. The summed E-state index contributed by atoms with van der Waals surface area (Å²) >= 11 is 0. The Morgan fingerprint density at radius 3 is 2.69 bits per heavy atom. The van der Waals surface area contributed by atoms with Crippen molar-refractivity contribution in [3.8, 4) is 0 Å². The van der Waals surface area contributed by atoms with Gasteiger partial charge in [-0.3, -0.25) is 4.79 Å². The topological polar surface area (TPSA) is 140 Å². The van der Waals surface area contributed by atoms with Crippen molar-refractivity contribution in [1.29, 1.82) is 0 Å². The molecule has 1 aromatic carbocycles. The van der Waals surface area contributed by atoms with Crippen molar-refractivity contribution in [2.45, 2.75) is 43.9 Å². The lowest BCUT2D eigenvalue weighted by Gasteiger charge is -2.24. The number of aliphatic hydroxyl groups excluding tert-OH is 1. The third kappa shape index (κ3) is 5.60. The molecule has 3 atom stereocenters.